The zero-order valence-corrected chi connectivity index (χ0v) is 16.0. The van der Waals surface area contributed by atoms with Crippen LogP contribution in [0.4, 0.5) is 5.69 Å². The lowest BCUT2D eigenvalue weighted by Crippen LogP contribution is -2.30. The van der Waals surface area contributed by atoms with Crippen LogP contribution in [-0.2, 0) is 10.0 Å². The highest BCUT2D eigenvalue weighted by molar-refractivity contribution is 7.89. The van der Waals surface area contributed by atoms with E-state index >= 15 is 0 Å². The van der Waals surface area contributed by atoms with Gasteiger partial charge in [0.05, 0.1) is 21.7 Å². The Balaban J connectivity index is 1.99. The standard InChI is InChI=1S/C19H19N3O5S/c1-11(2)22-28(26,27)14-7-8-17-15(9-14)16(18(23)21-17)10-20-13-5-3-12(4-6-13)19(24)25/h3-11,21-23H,1-2H3,(H,24,25). The predicted molar refractivity (Wildman–Crippen MR) is 106 cm³/mol. The minimum Gasteiger partial charge on any atom is -0.494 e. The van der Waals surface area contributed by atoms with Gasteiger partial charge in [-0.2, -0.15) is 0 Å². The Bertz CT molecular complexity index is 1160. The molecule has 0 saturated heterocycles. The Hall–Kier alpha value is -3.17. The molecule has 3 aromatic rings. The molecule has 0 aliphatic carbocycles. The van der Waals surface area contributed by atoms with Crippen LogP contribution >= 0.6 is 0 Å². The number of hydrogen-bond donors (Lipinski definition) is 4. The van der Waals surface area contributed by atoms with Crippen molar-refractivity contribution in [2.24, 2.45) is 4.99 Å². The predicted octanol–water partition coefficient (Wildman–Crippen LogP) is 3.01. The van der Waals surface area contributed by atoms with Crippen LogP contribution < -0.4 is 4.72 Å². The molecule has 0 radical (unpaired) electrons. The van der Waals surface area contributed by atoms with Crippen molar-refractivity contribution in [3.05, 3.63) is 53.6 Å². The number of aliphatic imine (C=N–C) groups is 1. The SMILES string of the molecule is CC(C)NS(=O)(=O)c1ccc2[nH]c(O)c(C=Nc3ccc(C(=O)O)cc3)c2c1. The molecule has 0 bridgehead atoms. The second-order valence-corrected chi connectivity index (χ2v) is 8.19. The molecule has 0 unspecified atom stereocenters. The molecule has 1 aromatic heterocycles. The van der Waals surface area contributed by atoms with E-state index in [2.05, 4.69) is 14.7 Å². The molecule has 0 fully saturated rings. The maximum absolute atomic E-state index is 12.4. The molecule has 0 saturated carbocycles. The van der Waals surface area contributed by atoms with Crippen molar-refractivity contribution >= 4 is 38.8 Å². The van der Waals surface area contributed by atoms with Crippen molar-refractivity contribution in [1.29, 1.82) is 0 Å². The number of sulfonamides is 1. The molecule has 0 spiro atoms. The molecule has 0 amide bonds. The minimum absolute atomic E-state index is 0.0770. The van der Waals surface area contributed by atoms with Gasteiger partial charge in [0.25, 0.3) is 0 Å². The number of aromatic amines is 1. The molecule has 8 nitrogen and oxygen atoms in total. The zero-order valence-electron chi connectivity index (χ0n) is 15.2. The number of carboxylic acids is 1. The topological polar surface area (TPSA) is 132 Å². The molecular formula is C19H19N3O5S. The molecule has 28 heavy (non-hydrogen) atoms. The number of benzene rings is 2. The Kier molecular flexibility index (Phi) is 5.21. The second kappa shape index (κ2) is 7.45. The third kappa shape index (κ3) is 4.05. The van der Waals surface area contributed by atoms with Crippen molar-refractivity contribution in [3.8, 4) is 5.88 Å². The molecule has 146 valence electrons. The molecule has 0 aliphatic heterocycles. The summed E-state index contributed by atoms with van der Waals surface area (Å²) in [6.07, 6.45) is 1.40. The maximum atomic E-state index is 12.4. The van der Waals surface area contributed by atoms with Crippen LogP contribution in [0.25, 0.3) is 10.9 Å². The number of nitrogens with zero attached hydrogens (tertiary/aromatic N) is 1. The van der Waals surface area contributed by atoms with Crippen molar-refractivity contribution in [2.45, 2.75) is 24.8 Å². The van der Waals surface area contributed by atoms with Gasteiger partial charge in [-0.05, 0) is 56.3 Å². The van der Waals surface area contributed by atoms with Crippen LogP contribution in [0.15, 0.2) is 52.4 Å². The van der Waals surface area contributed by atoms with Gasteiger partial charge in [-0.15, -0.1) is 0 Å². The van der Waals surface area contributed by atoms with Crippen LogP contribution in [0, 0.1) is 0 Å². The number of carbonyl (C=O) groups is 1. The van der Waals surface area contributed by atoms with Crippen molar-refractivity contribution in [2.75, 3.05) is 0 Å². The molecule has 3 rings (SSSR count). The van der Waals surface area contributed by atoms with E-state index in [0.29, 0.717) is 22.2 Å². The number of aromatic hydroxyl groups is 1. The van der Waals surface area contributed by atoms with Gasteiger partial charge in [0, 0.05) is 23.2 Å². The Labute approximate surface area is 161 Å². The average Bonchev–Trinajstić information content (AvgIpc) is 2.93. The van der Waals surface area contributed by atoms with E-state index in [1.54, 1.807) is 19.9 Å². The van der Waals surface area contributed by atoms with Crippen molar-refractivity contribution in [1.82, 2.24) is 9.71 Å². The second-order valence-electron chi connectivity index (χ2n) is 6.48. The molecule has 2 aromatic carbocycles. The van der Waals surface area contributed by atoms with Gasteiger partial charge < -0.3 is 15.2 Å². The number of H-pyrrole nitrogens is 1. The number of nitrogens with one attached hydrogen (secondary N) is 2. The zero-order chi connectivity index (χ0) is 20.5. The van der Waals surface area contributed by atoms with Crippen molar-refractivity contribution in [3.63, 3.8) is 0 Å². The van der Waals surface area contributed by atoms with E-state index in [9.17, 15) is 18.3 Å². The lowest BCUT2D eigenvalue weighted by Gasteiger charge is -2.09. The van der Waals surface area contributed by atoms with E-state index in [-0.39, 0.29) is 22.4 Å². The fourth-order valence-corrected chi connectivity index (χ4v) is 3.96. The first-order valence-electron chi connectivity index (χ1n) is 8.42. The number of hydrogen-bond acceptors (Lipinski definition) is 5. The third-order valence-electron chi connectivity index (χ3n) is 3.95. The van der Waals surface area contributed by atoms with Crippen LogP contribution in [-0.4, -0.2) is 41.8 Å². The molecule has 0 aliphatic rings. The fraction of sp³-hybridized carbons (Fsp3) is 0.158. The van der Waals surface area contributed by atoms with Gasteiger partial charge >= 0.3 is 5.97 Å². The first-order valence-corrected chi connectivity index (χ1v) is 9.90. The van der Waals surface area contributed by atoms with Gasteiger partial charge in [0.1, 0.15) is 0 Å². The first kappa shape index (κ1) is 19.6. The number of aromatic nitrogens is 1. The van der Waals surface area contributed by atoms with Crippen LogP contribution in [0.1, 0.15) is 29.8 Å². The number of aromatic carboxylic acids is 1. The Morgan fingerprint density at radius 2 is 1.86 bits per heavy atom. The first-order chi connectivity index (χ1) is 13.2. The summed E-state index contributed by atoms with van der Waals surface area (Å²) in [4.78, 5) is 18.0. The summed E-state index contributed by atoms with van der Waals surface area (Å²) in [6, 6.07) is 10.2. The summed E-state index contributed by atoms with van der Waals surface area (Å²) < 4.78 is 27.3. The highest BCUT2D eigenvalue weighted by Crippen LogP contribution is 2.28. The Morgan fingerprint density at radius 3 is 2.46 bits per heavy atom. The molecule has 9 heteroatoms. The summed E-state index contributed by atoms with van der Waals surface area (Å²) in [5.41, 5.74) is 1.52. The van der Waals surface area contributed by atoms with Gasteiger partial charge in [-0.3, -0.25) is 4.99 Å². The Morgan fingerprint density at radius 1 is 1.18 bits per heavy atom. The normalized spacial score (nSPS) is 12.2. The monoisotopic (exact) mass is 401 g/mol. The van der Waals surface area contributed by atoms with Crippen LogP contribution in [0.3, 0.4) is 0 Å². The number of carboxylic acid groups (broad SMARTS) is 1. The van der Waals surface area contributed by atoms with Gasteiger partial charge in [-0.25, -0.2) is 17.9 Å². The summed E-state index contributed by atoms with van der Waals surface area (Å²) in [6.45, 7) is 3.46. The molecule has 4 N–H and O–H groups in total. The number of rotatable bonds is 6. The lowest BCUT2D eigenvalue weighted by atomic mass is 10.2. The largest absolute Gasteiger partial charge is 0.494 e. The van der Waals surface area contributed by atoms with E-state index in [0.717, 1.165) is 0 Å². The van der Waals surface area contributed by atoms with E-state index in [1.165, 1.54) is 42.6 Å². The van der Waals surface area contributed by atoms with E-state index in [1.807, 2.05) is 0 Å². The van der Waals surface area contributed by atoms with Crippen LogP contribution in [0.5, 0.6) is 5.88 Å². The molecule has 0 atom stereocenters. The highest BCUT2D eigenvalue weighted by atomic mass is 32.2. The average molecular weight is 401 g/mol. The maximum Gasteiger partial charge on any atom is 0.335 e. The fourth-order valence-electron chi connectivity index (χ4n) is 2.68. The summed E-state index contributed by atoms with van der Waals surface area (Å²) in [5, 5.41) is 19.6. The number of fused-ring (bicyclic) bond motifs is 1. The molecular weight excluding hydrogens is 382 g/mol. The summed E-state index contributed by atoms with van der Waals surface area (Å²) in [5.74, 6) is -1.18. The van der Waals surface area contributed by atoms with Crippen LogP contribution in [0.2, 0.25) is 0 Å². The van der Waals surface area contributed by atoms with E-state index < -0.39 is 16.0 Å². The highest BCUT2D eigenvalue weighted by Gasteiger charge is 2.18. The minimum atomic E-state index is -3.68. The lowest BCUT2D eigenvalue weighted by molar-refractivity contribution is 0.0697. The van der Waals surface area contributed by atoms with Gasteiger partial charge in [0.2, 0.25) is 10.0 Å². The third-order valence-corrected chi connectivity index (χ3v) is 5.60. The van der Waals surface area contributed by atoms with Gasteiger partial charge in [0.15, 0.2) is 5.88 Å². The van der Waals surface area contributed by atoms with Crippen molar-refractivity contribution < 1.29 is 23.4 Å². The smallest absolute Gasteiger partial charge is 0.335 e. The summed E-state index contributed by atoms with van der Waals surface area (Å²) >= 11 is 0. The quantitative estimate of drug-likeness (QED) is 0.472. The molecule has 1 heterocycles. The van der Waals surface area contributed by atoms with Gasteiger partial charge in [-0.1, -0.05) is 0 Å². The van der Waals surface area contributed by atoms with E-state index in [4.69, 9.17) is 5.11 Å². The summed E-state index contributed by atoms with van der Waals surface area (Å²) in [7, 11) is -3.68.